The monoisotopic (exact) mass is 263 g/mol. The van der Waals surface area contributed by atoms with Crippen LogP contribution in [0.25, 0.3) is 0 Å². The molecule has 0 radical (unpaired) electrons. The standard InChI is InChI=1S/C16H25NO2/c1-13-12-15(19-14(13)2)16(6-10-18-11-7-16)17-8-4-3-5-9-17/h12H,3-11H2,1-2H3. The van der Waals surface area contributed by atoms with Gasteiger partial charge < -0.3 is 9.15 Å². The van der Waals surface area contributed by atoms with Crippen LogP contribution >= 0.6 is 0 Å². The van der Waals surface area contributed by atoms with Crippen molar-refractivity contribution in [3.8, 4) is 0 Å². The van der Waals surface area contributed by atoms with Crippen LogP contribution in [0.4, 0.5) is 0 Å². The fourth-order valence-electron chi connectivity index (χ4n) is 3.55. The first-order valence-electron chi connectivity index (χ1n) is 7.63. The van der Waals surface area contributed by atoms with Crippen LogP contribution in [0.5, 0.6) is 0 Å². The van der Waals surface area contributed by atoms with Gasteiger partial charge in [-0.2, -0.15) is 0 Å². The third-order valence-corrected chi connectivity index (χ3v) is 4.91. The summed E-state index contributed by atoms with van der Waals surface area (Å²) in [6, 6.07) is 2.26. The van der Waals surface area contributed by atoms with E-state index in [-0.39, 0.29) is 5.54 Å². The van der Waals surface area contributed by atoms with E-state index in [1.165, 1.54) is 43.7 Å². The summed E-state index contributed by atoms with van der Waals surface area (Å²) in [4.78, 5) is 2.66. The number of furan rings is 1. The molecule has 0 aromatic carbocycles. The van der Waals surface area contributed by atoms with Crippen molar-refractivity contribution in [2.75, 3.05) is 26.3 Å². The fourth-order valence-corrected chi connectivity index (χ4v) is 3.55. The minimum atomic E-state index is 0.0949. The highest BCUT2D eigenvalue weighted by atomic mass is 16.5. The van der Waals surface area contributed by atoms with Gasteiger partial charge in [0.25, 0.3) is 0 Å². The predicted octanol–water partition coefficient (Wildman–Crippen LogP) is 3.39. The van der Waals surface area contributed by atoms with Gasteiger partial charge in [0.05, 0.1) is 5.54 Å². The predicted molar refractivity (Wildman–Crippen MR) is 75.3 cm³/mol. The molecule has 0 unspecified atom stereocenters. The van der Waals surface area contributed by atoms with E-state index >= 15 is 0 Å². The highest BCUT2D eigenvalue weighted by Crippen LogP contribution is 2.41. The maximum atomic E-state index is 6.11. The Morgan fingerprint density at radius 1 is 1.05 bits per heavy atom. The van der Waals surface area contributed by atoms with Crippen molar-refractivity contribution in [1.82, 2.24) is 4.90 Å². The number of hydrogen-bond acceptors (Lipinski definition) is 3. The average Bonchev–Trinajstić information content (AvgIpc) is 2.81. The molecule has 0 spiro atoms. The van der Waals surface area contributed by atoms with Crippen molar-refractivity contribution in [2.24, 2.45) is 0 Å². The quantitative estimate of drug-likeness (QED) is 0.818. The van der Waals surface area contributed by atoms with Gasteiger partial charge in [0.15, 0.2) is 0 Å². The summed E-state index contributed by atoms with van der Waals surface area (Å²) < 4.78 is 11.7. The zero-order valence-electron chi connectivity index (χ0n) is 12.2. The van der Waals surface area contributed by atoms with Crippen molar-refractivity contribution in [1.29, 1.82) is 0 Å². The average molecular weight is 263 g/mol. The third kappa shape index (κ3) is 2.34. The molecule has 3 heterocycles. The number of likely N-dealkylation sites (tertiary alicyclic amines) is 1. The Balaban J connectivity index is 1.95. The van der Waals surface area contributed by atoms with E-state index in [1.807, 2.05) is 0 Å². The molecule has 0 N–H and O–H groups in total. The van der Waals surface area contributed by atoms with E-state index in [0.29, 0.717) is 0 Å². The van der Waals surface area contributed by atoms with E-state index in [4.69, 9.17) is 9.15 Å². The van der Waals surface area contributed by atoms with Crippen molar-refractivity contribution in [3.63, 3.8) is 0 Å². The van der Waals surface area contributed by atoms with E-state index in [1.54, 1.807) is 0 Å². The molecule has 1 aromatic rings. The van der Waals surface area contributed by atoms with Crippen molar-refractivity contribution in [2.45, 2.75) is 51.5 Å². The highest BCUT2D eigenvalue weighted by molar-refractivity contribution is 5.25. The van der Waals surface area contributed by atoms with Gasteiger partial charge >= 0.3 is 0 Å². The van der Waals surface area contributed by atoms with Crippen LogP contribution < -0.4 is 0 Å². The molecule has 0 bridgehead atoms. The van der Waals surface area contributed by atoms with Gasteiger partial charge in [-0.1, -0.05) is 6.42 Å². The molecule has 3 rings (SSSR count). The maximum absolute atomic E-state index is 6.11. The molecule has 106 valence electrons. The van der Waals surface area contributed by atoms with Crippen LogP contribution in [0.15, 0.2) is 10.5 Å². The Bertz CT molecular complexity index is 406. The number of nitrogens with zero attached hydrogens (tertiary/aromatic N) is 1. The van der Waals surface area contributed by atoms with Crippen molar-refractivity contribution in [3.05, 3.63) is 23.2 Å². The zero-order chi connectivity index (χ0) is 13.3. The first-order chi connectivity index (χ1) is 9.22. The Morgan fingerprint density at radius 2 is 1.74 bits per heavy atom. The molecule has 2 fully saturated rings. The van der Waals surface area contributed by atoms with Gasteiger partial charge in [0.1, 0.15) is 11.5 Å². The molecular weight excluding hydrogens is 238 g/mol. The zero-order valence-corrected chi connectivity index (χ0v) is 12.2. The Morgan fingerprint density at radius 3 is 2.32 bits per heavy atom. The van der Waals surface area contributed by atoms with Gasteiger partial charge in [0, 0.05) is 13.2 Å². The Hall–Kier alpha value is -0.800. The van der Waals surface area contributed by atoms with Crippen LogP contribution in [-0.2, 0) is 10.3 Å². The Kier molecular flexibility index (Phi) is 3.68. The molecule has 2 aliphatic rings. The minimum Gasteiger partial charge on any atom is -0.464 e. The first kappa shape index (κ1) is 13.2. The van der Waals surface area contributed by atoms with Crippen LogP contribution in [0, 0.1) is 13.8 Å². The van der Waals surface area contributed by atoms with E-state index < -0.39 is 0 Å². The lowest BCUT2D eigenvalue weighted by Crippen LogP contribution is -2.51. The van der Waals surface area contributed by atoms with Crippen LogP contribution in [-0.4, -0.2) is 31.2 Å². The number of aryl methyl sites for hydroxylation is 2. The summed E-state index contributed by atoms with van der Waals surface area (Å²) >= 11 is 0. The fraction of sp³-hybridized carbons (Fsp3) is 0.750. The molecule has 3 nitrogen and oxygen atoms in total. The third-order valence-electron chi connectivity index (χ3n) is 4.91. The van der Waals surface area contributed by atoms with E-state index in [2.05, 4.69) is 24.8 Å². The summed E-state index contributed by atoms with van der Waals surface area (Å²) in [5.74, 6) is 2.24. The normalized spacial score (nSPS) is 24.5. The lowest BCUT2D eigenvalue weighted by Gasteiger charge is -2.46. The highest BCUT2D eigenvalue weighted by Gasteiger charge is 2.43. The van der Waals surface area contributed by atoms with E-state index in [0.717, 1.165) is 31.8 Å². The second-order valence-electron chi connectivity index (χ2n) is 6.04. The molecule has 0 saturated carbocycles. The van der Waals surface area contributed by atoms with Gasteiger partial charge in [-0.05, 0) is 64.3 Å². The number of piperidine rings is 1. The first-order valence-corrected chi connectivity index (χ1v) is 7.63. The summed E-state index contributed by atoms with van der Waals surface area (Å²) in [7, 11) is 0. The molecule has 0 aliphatic carbocycles. The number of hydrogen-bond donors (Lipinski definition) is 0. The van der Waals surface area contributed by atoms with E-state index in [9.17, 15) is 0 Å². The summed E-state index contributed by atoms with van der Waals surface area (Å²) in [6.45, 7) is 8.34. The smallest absolute Gasteiger partial charge is 0.124 e. The molecular formula is C16H25NO2. The summed E-state index contributed by atoms with van der Waals surface area (Å²) in [6.07, 6.45) is 6.15. The lowest BCUT2D eigenvalue weighted by atomic mass is 9.83. The molecule has 0 atom stereocenters. The van der Waals surface area contributed by atoms with Crippen molar-refractivity contribution < 1.29 is 9.15 Å². The van der Waals surface area contributed by atoms with Crippen LogP contribution in [0.2, 0.25) is 0 Å². The Labute approximate surface area is 115 Å². The van der Waals surface area contributed by atoms with Crippen molar-refractivity contribution >= 4 is 0 Å². The molecule has 1 aromatic heterocycles. The lowest BCUT2D eigenvalue weighted by molar-refractivity contribution is -0.0513. The molecule has 0 amide bonds. The maximum Gasteiger partial charge on any atom is 0.124 e. The van der Waals surface area contributed by atoms with Crippen LogP contribution in [0.1, 0.15) is 49.2 Å². The SMILES string of the molecule is Cc1cc(C2(N3CCCCC3)CCOCC2)oc1C. The van der Waals surface area contributed by atoms with Gasteiger partial charge in [0.2, 0.25) is 0 Å². The second-order valence-corrected chi connectivity index (χ2v) is 6.04. The molecule has 19 heavy (non-hydrogen) atoms. The van der Waals surface area contributed by atoms with Gasteiger partial charge in [-0.15, -0.1) is 0 Å². The number of ether oxygens (including phenoxy) is 1. The molecule has 3 heteroatoms. The summed E-state index contributed by atoms with van der Waals surface area (Å²) in [5.41, 5.74) is 1.37. The largest absolute Gasteiger partial charge is 0.464 e. The van der Waals surface area contributed by atoms with Gasteiger partial charge in [-0.3, -0.25) is 4.90 Å². The van der Waals surface area contributed by atoms with Gasteiger partial charge in [-0.25, -0.2) is 0 Å². The summed E-state index contributed by atoms with van der Waals surface area (Å²) in [5, 5.41) is 0. The number of rotatable bonds is 2. The topological polar surface area (TPSA) is 25.6 Å². The molecule has 2 aliphatic heterocycles. The second kappa shape index (κ2) is 5.29. The molecule has 2 saturated heterocycles. The van der Waals surface area contributed by atoms with Crippen LogP contribution in [0.3, 0.4) is 0 Å². The minimum absolute atomic E-state index is 0.0949.